The molecular weight excluding hydrogens is 290 g/mol. The molecule has 22 heavy (non-hydrogen) atoms. The summed E-state index contributed by atoms with van der Waals surface area (Å²) in [4.78, 5) is 13.1. The van der Waals surface area contributed by atoms with Crippen LogP contribution in [0.15, 0.2) is 53.4 Å². The van der Waals surface area contributed by atoms with E-state index in [2.05, 4.69) is 55.6 Å². The largest absolute Gasteiger partial charge is 0.325 e. The van der Waals surface area contributed by atoms with Gasteiger partial charge in [0.1, 0.15) is 0 Å². The van der Waals surface area contributed by atoms with Crippen molar-refractivity contribution < 1.29 is 4.79 Å². The second-order valence-electron chi connectivity index (χ2n) is 5.45. The number of benzene rings is 2. The van der Waals surface area contributed by atoms with E-state index < -0.39 is 0 Å². The summed E-state index contributed by atoms with van der Waals surface area (Å²) >= 11 is 1.56. The zero-order valence-corrected chi connectivity index (χ0v) is 14.1. The molecule has 0 aromatic heterocycles. The molecule has 2 rings (SSSR count). The maximum Gasteiger partial charge on any atom is 0.234 e. The molecule has 0 aliphatic carbocycles. The van der Waals surface area contributed by atoms with Crippen molar-refractivity contribution in [1.82, 2.24) is 0 Å². The summed E-state index contributed by atoms with van der Waals surface area (Å²) < 4.78 is 0. The number of carbonyl (C=O) groups excluding carboxylic acids is 1. The van der Waals surface area contributed by atoms with Crippen molar-refractivity contribution >= 4 is 23.4 Å². The lowest BCUT2D eigenvalue weighted by atomic mass is 10.1. The van der Waals surface area contributed by atoms with Gasteiger partial charge in [0.2, 0.25) is 5.91 Å². The minimum absolute atomic E-state index is 0.0342. The summed E-state index contributed by atoms with van der Waals surface area (Å²) in [5, 5.41) is 2.95. The number of hydrogen-bond acceptors (Lipinski definition) is 2. The average molecular weight is 313 g/mol. The Morgan fingerprint density at radius 2 is 1.73 bits per heavy atom. The van der Waals surface area contributed by atoms with Gasteiger partial charge in [-0.2, -0.15) is 0 Å². The molecule has 0 saturated heterocycles. The van der Waals surface area contributed by atoms with Crippen molar-refractivity contribution in [3.63, 3.8) is 0 Å². The first-order chi connectivity index (χ1) is 10.7. The third-order valence-electron chi connectivity index (χ3n) is 3.45. The summed E-state index contributed by atoms with van der Waals surface area (Å²) in [5.74, 6) is 0.465. The van der Waals surface area contributed by atoms with Gasteiger partial charge in [-0.05, 0) is 49.6 Å². The summed E-state index contributed by atoms with van der Waals surface area (Å²) in [6, 6.07) is 16.4. The monoisotopic (exact) mass is 313 g/mol. The third kappa shape index (κ3) is 5.57. The minimum atomic E-state index is 0.0342. The highest BCUT2D eigenvalue weighted by molar-refractivity contribution is 8.00. The summed E-state index contributed by atoms with van der Waals surface area (Å²) in [6.07, 6.45) is 3.52. The molecule has 0 aliphatic rings. The van der Waals surface area contributed by atoms with E-state index in [0.29, 0.717) is 5.75 Å². The molecule has 116 valence electrons. The van der Waals surface area contributed by atoms with Crippen molar-refractivity contribution in [2.24, 2.45) is 0 Å². The van der Waals surface area contributed by atoms with Gasteiger partial charge in [0.15, 0.2) is 0 Å². The molecule has 0 fully saturated rings. The van der Waals surface area contributed by atoms with Crippen LogP contribution in [0.1, 0.15) is 30.9 Å². The Labute approximate surface area is 137 Å². The number of thioether (sulfide) groups is 1. The Morgan fingerprint density at radius 3 is 2.36 bits per heavy atom. The van der Waals surface area contributed by atoms with E-state index in [-0.39, 0.29) is 5.91 Å². The lowest BCUT2D eigenvalue weighted by molar-refractivity contribution is -0.113. The molecule has 0 spiro atoms. The van der Waals surface area contributed by atoms with Crippen LogP contribution in [0.4, 0.5) is 5.69 Å². The average Bonchev–Trinajstić information content (AvgIpc) is 2.54. The molecular formula is C19H23NOS. The van der Waals surface area contributed by atoms with E-state index in [1.807, 2.05) is 12.1 Å². The molecule has 0 unspecified atom stereocenters. The molecule has 0 saturated carbocycles. The first-order valence-electron chi connectivity index (χ1n) is 7.75. The molecule has 2 aromatic carbocycles. The van der Waals surface area contributed by atoms with Crippen LogP contribution in [-0.4, -0.2) is 11.7 Å². The number of amides is 1. The molecule has 0 bridgehead atoms. The topological polar surface area (TPSA) is 29.1 Å². The quantitative estimate of drug-likeness (QED) is 0.723. The number of carbonyl (C=O) groups is 1. The van der Waals surface area contributed by atoms with Gasteiger partial charge in [0.05, 0.1) is 5.75 Å². The number of hydrogen-bond donors (Lipinski definition) is 1. The van der Waals surface area contributed by atoms with Crippen molar-refractivity contribution in [1.29, 1.82) is 0 Å². The van der Waals surface area contributed by atoms with E-state index in [0.717, 1.165) is 17.0 Å². The third-order valence-corrected chi connectivity index (χ3v) is 4.46. The summed E-state index contributed by atoms with van der Waals surface area (Å²) in [5.41, 5.74) is 3.43. The van der Waals surface area contributed by atoms with Crippen LogP contribution in [-0.2, 0) is 11.2 Å². The highest BCUT2D eigenvalue weighted by Crippen LogP contribution is 2.19. The molecule has 1 amide bonds. The minimum Gasteiger partial charge on any atom is -0.325 e. The molecule has 1 N–H and O–H groups in total. The second kappa shape index (κ2) is 8.64. The maximum atomic E-state index is 12.0. The van der Waals surface area contributed by atoms with Gasteiger partial charge in [0, 0.05) is 10.6 Å². The van der Waals surface area contributed by atoms with Gasteiger partial charge in [-0.25, -0.2) is 0 Å². The first kappa shape index (κ1) is 16.6. The highest BCUT2D eigenvalue weighted by atomic mass is 32.2. The second-order valence-corrected chi connectivity index (χ2v) is 6.50. The standard InChI is InChI=1S/C19H23NOS/c1-3-4-5-16-8-10-17(11-9-16)20-19(21)14-22-18-12-6-15(2)7-13-18/h6-13H,3-5,14H2,1-2H3,(H,20,21). The van der Waals surface area contributed by atoms with Crippen LogP contribution in [0, 0.1) is 6.92 Å². The molecule has 0 aliphatic heterocycles. The predicted molar refractivity (Wildman–Crippen MR) is 95.6 cm³/mol. The normalized spacial score (nSPS) is 10.5. The molecule has 0 heterocycles. The molecule has 2 nitrogen and oxygen atoms in total. The smallest absolute Gasteiger partial charge is 0.234 e. The lowest BCUT2D eigenvalue weighted by Gasteiger charge is -2.07. The Balaban J connectivity index is 1.80. The van der Waals surface area contributed by atoms with E-state index >= 15 is 0 Å². The van der Waals surface area contributed by atoms with Gasteiger partial charge in [-0.1, -0.05) is 43.2 Å². The van der Waals surface area contributed by atoms with Crippen molar-refractivity contribution in [2.45, 2.75) is 38.0 Å². The van der Waals surface area contributed by atoms with Crippen molar-refractivity contribution in [2.75, 3.05) is 11.1 Å². The van der Waals surface area contributed by atoms with Crippen LogP contribution in [0.3, 0.4) is 0 Å². The van der Waals surface area contributed by atoms with E-state index in [4.69, 9.17) is 0 Å². The molecule has 2 aromatic rings. The zero-order valence-electron chi connectivity index (χ0n) is 13.3. The number of unbranched alkanes of at least 4 members (excludes halogenated alkanes) is 1. The number of anilines is 1. The van der Waals surface area contributed by atoms with Gasteiger partial charge >= 0.3 is 0 Å². The van der Waals surface area contributed by atoms with Gasteiger partial charge in [-0.15, -0.1) is 11.8 Å². The lowest BCUT2D eigenvalue weighted by Crippen LogP contribution is -2.13. The van der Waals surface area contributed by atoms with Gasteiger partial charge < -0.3 is 5.32 Å². The molecule has 0 radical (unpaired) electrons. The highest BCUT2D eigenvalue weighted by Gasteiger charge is 2.04. The van der Waals surface area contributed by atoms with Crippen molar-refractivity contribution in [3.05, 3.63) is 59.7 Å². The molecule has 0 atom stereocenters. The summed E-state index contributed by atoms with van der Waals surface area (Å²) in [7, 11) is 0. The van der Waals surface area contributed by atoms with Crippen LogP contribution in [0.25, 0.3) is 0 Å². The van der Waals surface area contributed by atoms with Crippen LogP contribution in [0.2, 0.25) is 0 Å². The number of aryl methyl sites for hydroxylation is 2. The first-order valence-corrected chi connectivity index (χ1v) is 8.74. The number of nitrogens with one attached hydrogen (secondary N) is 1. The predicted octanol–water partition coefficient (Wildman–Crippen LogP) is 5.07. The van der Waals surface area contributed by atoms with Crippen LogP contribution >= 0.6 is 11.8 Å². The van der Waals surface area contributed by atoms with Gasteiger partial charge in [-0.3, -0.25) is 4.79 Å². The Kier molecular flexibility index (Phi) is 6.53. The van der Waals surface area contributed by atoms with E-state index in [1.54, 1.807) is 11.8 Å². The van der Waals surface area contributed by atoms with Crippen molar-refractivity contribution in [3.8, 4) is 0 Å². The van der Waals surface area contributed by atoms with Crippen LogP contribution in [0.5, 0.6) is 0 Å². The fraction of sp³-hybridized carbons (Fsp3) is 0.316. The molecule has 3 heteroatoms. The Morgan fingerprint density at radius 1 is 1.05 bits per heavy atom. The van der Waals surface area contributed by atoms with E-state index in [1.165, 1.54) is 24.0 Å². The fourth-order valence-electron chi connectivity index (χ4n) is 2.12. The Bertz CT molecular complexity index is 590. The number of rotatable bonds is 7. The SMILES string of the molecule is CCCCc1ccc(NC(=O)CSc2ccc(C)cc2)cc1. The Hall–Kier alpha value is -1.74. The van der Waals surface area contributed by atoms with E-state index in [9.17, 15) is 4.79 Å². The summed E-state index contributed by atoms with van der Waals surface area (Å²) in [6.45, 7) is 4.26. The maximum absolute atomic E-state index is 12.0. The zero-order chi connectivity index (χ0) is 15.8. The fourth-order valence-corrected chi connectivity index (χ4v) is 2.81. The van der Waals surface area contributed by atoms with Crippen LogP contribution < -0.4 is 5.32 Å². The van der Waals surface area contributed by atoms with Gasteiger partial charge in [0.25, 0.3) is 0 Å².